The third kappa shape index (κ3) is 3.33. The lowest BCUT2D eigenvalue weighted by atomic mass is 10.0. The van der Waals surface area contributed by atoms with Gasteiger partial charge in [-0.1, -0.05) is 6.07 Å². The maximum atomic E-state index is 9.59. The van der Waals surface area contributed by atoms with Crippen molar-refractivity contribution in [1.29, 1.82) is 0 Å². The van der Waals surface area contributed by atoms with Crippen molar-refractivity contribution in [2.75, 3.05) is 26.9 Å². The average Bonchev–Trinajstić information content (AvgIpc) is 2.41. The Bertz CT molecular complexity index is 370. The van der Waals surface area contributed by atoms with Gasteiger partial charge in [-0.05, 0) is 17.7 Å². The van der Waals surface area contributed by atoms with Crippen LogP contribution >= 0.6 is 0 Å². The highest BCUT2D eigenvalue weighted by atomic mass is 16.5. The number of methoxy groups -OCH3 is 1. The molecule has 102 valence electrons. The van der Waals surface area contributed by atoms with Gasteiger partial charge >= 0.3 is 0 Å². The Morgan fingerprint density at radius 2 is 1.78 bits per heavy atom. The van der Waals surface area contributed by atoms with Crippen molar-refractivity contribution in [3.05, 3.63) is 23.8 Å². The maximum absolute atomic E-state index is 9.59. The molecule has 0 bridgehead atoms. The molecule has 0 spiro atoms. The number of aliphatic hydroxyl groups excluding tert-OH is 3. The monoisotopic (exact) mass is 257 g/mol. The molecule has 5 N–H and O–H groups in total. The smallest absolute Gasteiger partial charge is 0.160 e. The molecule has 6 heteroatoms. The molecule has 0 saturated heterocycles. The minimum Gasteiger partial charge on any atom is -0.504 e. The Hall–Kier alpha value is -1.34. The van der Waals surface area contributed by atoms with Gasteiger partial charge in [-0.2, -0.15) is 0 Å². The van der Waals surface area contributed by atoms with Crippen molar-refractivity contribution in [3.8, 4) is 11.5 Å². The van der Waals surface area contributed by atoms with Gasteiger partial charge in [-0.25, -0.2) is 0 Å². The van der Waals surface area contributed by atoms with Crippen LogP contribution in [0.5, 0.6) is 11.5 Å². The standard InChI is InChI=1S/C12H19NO5/c1-18-11-3-2-9(4-10(11)17)5-13-12(6-14,7-15)8-16/h2-4,13-17H,5-8H2,1H3. The Morgan fingerprint density at radius 3 is 2.22 bits per heavy atom. The summed E-state index contributed by atoms with van der Waals surface area (Å²) in [4.78, 5) is 0. The Kier molecular flexibility index (Phi) is 5.36. The minimum absolute atomic E-state index is 0.0133. The molecule has 0 unspecified atom stereocenters. The van der Waals surface area contributed by atoms with Crippen LogP contribution in [0.1, 0.15) is 5.56 Å². The zero-order valence-electron chi connectivity index (χ0n) is 10.3. The van der Waals surface area contributed by atoms with Gasteiger partial charge in [0.1, 0.15) is 0 Å². The fraction of sp³-hybridized carbons (Fsp3) is 0.500. The molecule has 0 radical (unpaired) electrons. The first kappa shape index (κ1) is 14.7. The summed E-state index contributed by atoms with van der Waals surface area (Å²) in [7, 11) is 1.46. The molecule has 1 rings (SSSR count). The zero-order valence-corrected chi connectivity index (χ0v) is 10.3. The molecule has 0 saturated carbocycles. The van der Waals surface area contributed by atoms with E-state index in [1.165, 1.54) is 13.2 Å². The van der Waals surface area contributed by atoms with E-state index in [1.807, 2.05) is 0 Å². The summed E-state index contributed by atoms with van der Waals surface area (Å²) in [5, 5.41) is 39.9. The van der Waals surface area contributed by atoms with Crippen molar-refractivity contribution < 1.29 is 25.2 Å². The van der Waals surface area contributed by atoms with Crippen molar-refractivity contribution in [2.24, 2.45) is 0 Å². The summed E-state index contributed by atoms with van der Waals surface area (Å²) in [6.07, 6.45) is 0. The highest BCUT2D eigenvalue weighted by molar-refractivity contribution is 5.41. The topological polar surface area (TPSA) is 102 Å². The fourth-order valence-corrected chi connectivity index (χ4v) is 1.45. The van der Waals surface area contributed by atoms with Crippen LogP contribution in [0.2, 0.25) is 0 Å². The van der Waals surface area contributed by atoms with Gasteiger partial charge in [0.2, 0.25) is 0 Å². The number of aromatic hydroxyl groups is 1. The molecule has 18 heavy (non-hydrogen) atoms. The summed E-state index contributed by atoms with van der Waals surface area (Å²) in [5.74, 6) is 0.385. The van der Waals surface area contributed by atoms with E-state index in [2.05, 4.69) is 5.32 Å². The summed E-state index contributed by atoms with van der Waals surface area (Å²) < 4.78 is 4.92. The number of hydrogen-bond donors (Lipinski definition) is 5. The first-order valence-corrected chi connectivity index (χ1v) is 5.54. The van der Waals surface area contributed by atoms with Crippen LogP contribution in [0.3, 0.4) is 0 Å². The van der Waals surface area contributed by atoms with E-state index in [1.54, 1.807) is 12.1 Å². The molecule has 0 aliphatic heterocycles. The second kappa shape index (κ2) is 6.55. The molecular formula is C12H19NO5. The minimum atomic E-state index is -1.13. The number of hydrogen-bond acceptors (Lipinski definition) is 6. The van der Waals surface area contributed by atoms with Crippen LogP contribution in [-0.4, -0.2) is 52.9 Å². The van der Waals surface area contributed by atoms with E-state index < -0.39 is 5.54 Å². The molecule has 0 amide bonds. The van der Waals surface area contributed by atoms with Crippen LogP contribution in [0, 0.1) is 0 Å². The van der Waals surface area contributed by atoms with Crippen molar-refractivity contribution in [2.45, 2.75) is 12.1 Å². The lowest BCUT2D eigenvalue weighted by Crippen LogP contribution is -2.54. The normalized spacial score (nSPS) is 11.6. The zero-order chi connectivity index (χ0) is 13.6. The Morgan fingerprint density at radius 1 is 1.17 bits per heavy atom. The Balaban J connectivity index is 2.71. The molecule has 1 aromatic carbocycles. The molecule has 0 fully saturated rings. The number of rotatable bonds is 7. The number of benzene rings is 1. The van der Waals surface area contributed by atoms with Crippen LogP contribution in [-0.2, 0) is 6.54 Å². The SMILES string of the molecule is COc1ccc(CNC(CO)(CO)CO)cc1O. The molecule has 0 aliphatic carbocycles. The van der Waals surface area contributed by atoms with Gasteiger partial charge in [0.15, 0.2) is 11.5 Å². The predicted molar refractivity (Wildman–Crippen MR) is 65.5 cm³/mol. The van der Waals surface area contributed by atoms with Crippen LogP contribution in [0.25, 0.3) is 0 Å². The van der Waals surface area contributed by atoms with Gasteiger partial charge in [0.05, 0.1) is 32.5 Å². The lowest BCUT2D eigenvalue weighted by molar-refractivity contribution is 0.0414. The number of phenols is 1. The molecule has 0 heterocycles. The number of nitrogens with one attached hydrogen (secondary N) is 1. The van der Waals surface area contributed by atoms with Gasteiger partial charge in [-0.15, -0.1) is 0 Å². The summed E-state index contributed by atoms with van der Waals surface area (Å²) in [5.41, 5.74) is -0.386. The van der Waals surface area contributed by atoms with Crippen molar-refractivity contribution in [3.63, 3.8) is 0 Å². The fourth-order valence-electron chi connectivity index (χ4n) is 1.45. The largest absolute Gasteiger partial charge is 0.504 e. The Labute approximate surface area is 105 Å². The van der Waals surface area contributed by atoms with E-state index in [-0.39, 0.29) is 25.6 Å². The molecule has 6 nitrogen and oxygen atoms in total. The quantitative estimate of drug-likeness (QED) is 0.438. The number of phenolic OH excluding ortho intramolecular Hbond substituents is 1. The number of ether oxygens (including phenoxy) is 1. The second-order valence-electron chi connectivity index (χ2n) is 4.11. The highest BCUT2D eigenvalue weighted by Gasteiger charge is 2.27. The molecule has 0 aromatic heterocycles. The van der Waals surface area contributed by atoms with Gasteiger partial charge in [0, 0.05) is 6.54 Å². The molecule has 0 atom stereocenters. The van der Waals surface area contributed by atoms with E-state index in [0.717, 1.165) is 5.56 Å². The van der Waals surface area contributed by atoms with Gasteiger partial charge in [-0.3, -0.25) is 0 Å². The first-order valence-electron chi connectivity index (χ1n) is 5.54. The van der Waals surface area contributed by atoms with E-state index in [4.69, 9.17) is 20.1 Å². The third-order valence-electron chi connectivity index (χ3n) is 2.82. The van der Waals surface area contributed by atoms with Gasteiger partial charge in [0.25, 0.3) is 0 Å². The van der Waals surface area contributed by atoms with E-state index in [0.29, 0.717) is 12.3 Å². The summed E-state index contributed by atoms with van der Waals surface area (Å²) >= 11 is 0. The average molecular weight is 257 g/mol. The van der Waals surface area contributed by atoms with Crippen molar-refractivity contribution in [1.82, 2.24) is 5.32 Å². The molecular weight excluding hydrogens is 238 g/mol. The lowest BCUT2D eigenvalue weighted by Gasteiger charge is -2.28. The van der Waals surface area contributed by atoms with Gasteiger partial charge < -0.3 is 30.5 Å². The first-order chi connectivity index (χ1) is 8.60. The summed E-state index contributed by atoms with van der Waals surface area (Å²) in [6.45, 7) is -0.869. The van der Waals surface area contributed by atoms with Crippen LogP contribution < -0.4 is 10.1 Å². The number of aliphatic hydroxyl groups is 3. The highest BCUT2D eigenvalue weighted by Crippen LogP contribution is 2.26. The van der Waals surface area contributed by atoms with E-state index in [9.17, 15) is 5.11 Å². The maximum Gasteiger partial charge on any atom is 0.160 e. The second-order valence-corrected chi connectivity index (χ2v) is 4.11. The van der Waals surface area contributed by atoms with E-state index >= 15 is 0 Å². The van der Waals surface area contributed by atoms with Crippen LogP contribution in [0.15, 0.2) is 18.2 Å². The summed E-state index contributed by atoms with van der Waals surface area (Å²) in [6, 6.07) is 4.87. The van der Waals surface area contributed by atoms with Crippen LogP contribution in [0.4, 0.5) is 0 Å². The predicted octanol–water partition coefficient (Wildman–Crippen LogP) is -0.794. The third-order valence-corrected chi connectivity index (χ3v) is 2.82. The molecule has 1 aromatic rings. The van der Waals surface area contributed by atoms with Crippen molar-refractivity contribution >= 4 is 0 Å². The molecule has 0 aliphatic rings.